The van der Waals surface area contributed by atoms with Crippen molar-refractivity contribution in [3.8, 4) is 11.1 Å². The van der Waals surface area contributed by atoms with E-state index in [9.17, 15) is 9.90 Å². The van der Waals surface area contributed by atoms with Crippen LogP contribution in [0.5, 0.6) is 0 Å². The van der Waals surface area contributed by atoms with E-state index in [0.29, 0.717) is 10.7 Å². The third-order valence-electron chi connectivity index (χ3n) is 4.58. The van der Waals surface area contributed by atoms with Crippen molar-refractivity contribution in [1.82, 2.24) is 14.5 Å². The van der Waals surface area contributed by atoms with Crippen molar-refractivity contribution >= 4 is 53.3 Å². The van der Waals surface area contributed by atoms with Crippen molar-refractivity contribution in [3.63, 3.8) is 0 Å². The summed E-state index contributed by atoms with van der Waals surface area (Å²) in [6.45, 7) is 1.28. The number of carbonyl (C=O) groups is 1. The summed E-state index contributed by atoms with van der Waals surface area (Å²) in [6.07, 6.45) is 3.42. The van der Waals surface area contributed by atoms with Crippen LogP contribution in [0.3, 0.4) is 0 Å². The Labute approximate surface area is 173 Å². The maximum absolute atomic E-state index is 11.3. The normalized spacial score (nSPS) is 14.1. The molecule has 2 aromatic heterocycles. The van der Waals surface area contributed by atoms with Gasteiger partial charge < -0.3 is 19.3 Å². The second-order valence-corrected chi connectivity index (χ2v) is 6.61. The third kappa shape index (κ3) is 3.56. The number of anilines is 1. The van der Waals surface area contributed by atoms with Gasteiger partial charge in [-0.2, -0.15) is 0 Å². The number of fused-ring (bicyclic) bond motifs is 1. The van der Waals surface area contributed by atoms with E-state index in [1.54, 1.807) is 17.9 Å². The summed E-state index contributed by atoms with van der Waals surface area (Å²) >= 11 is 6.40. The minimum absolute atomic E-state index is 0. The zero-order valence-electron chi connectivity index (χ0n) is 14.1. The first kappa shape index (κ1) is 19.7. The third-order valence-corrected chi connectivity index (χ3v) is 4.91. The van der Waals surface area contributed by atoms with Gasteiger partial charge in [0, 0.05) is 42.5 Å². The topological polar surface area (TPSA) is 80.5 Å². The summed E-state index contributed by atoms with van der Waals surface area (Å²) in [5.74, 6) is -0.168. The summed E-state index contributed by atoms with van der Waals surface area (Å²) in [5.41, 5.74) is 2.22. The van der Waals surface area contributed by atoms with Crippen molar-refractivity contribution in [2.24, 2.45) is 0 Å². The van der Waals surface area contributed by atoms with Crippen molar-refractivity contribution in [3.05, 3.63) is 41.8 Å². The molecule has 1 aromatic carbocycles. The molecule has 0 unspecified atom stereocenters. The number of carboxylic acid groups (broad SMARTS) is 1. The van der Waals surface area contributed by atoms with Crippen LogP contribution in [-0.2, 0) is 16.1 Å². The van der Waals surface area contributed by atoms with Gasteiger partial charge in [0.2, 0.25) is 0 Å². The molecule has 1 saturated heterocycles. The fourth-order valence-electron chi connectivity index (χ4n) is 3.26. The van der Waals surface area contributed by atoms with E-state index in [2.05, 4.69) is 14.9 Å². The monoisotopic (exact) mass is 380 g/mol. The number of halogens is 1. The number of benzene rings is 1. The SMILES string of the molecule is COC1CN(c2ncnc3c2c(-c2ccccc2Cl)cn3CC(=O)O)C1.[LiH]. The molecule has 0 radical (unpaired) electrons. The number of nitrogens with zero attached hydrogens (tertiary/aromatic N) is 4. The Morgan fingerprint density at radius 1 is 1.30 bits per heavy atom. The average molecular weight is 381 g/mol. The van der Waals surface area contributed by atoms with E-state index in [4.69, 9.17) is 16.3 Å². The number of carboxylic acids is 1. The van der Waals surface area contributed by atoms with Crippen LogP contribution in [0.1, 0.15) is 0 Å². The Morgan fingerprint density at radius 2 is 2.04 bits per heavy atom. The molecule has 1 N–H and O–H groups in total. The zero-order chi connectivity index (χ0) is 18.3. The molecule has 9 heteroatoms. The van der Waals surface area contributed by atoms with Gasteiger partial charge in [-0.3, -0.25) is 4.79 Å². The van der Waals surface area contributed by atoms with E-state index in [0.717, 1.165) is 35.4 Å². The van der Waals surface area contributed by atoms with Gasteiger partial charge in [-0.15, -0.1) is 0 Å². The molecule has 1 aliphatic rings. The van der Waals surface area contributed by atoms with E-state index in [1.165, 1.54) is 6.33 Å². The molecule has 0 aliphatic carbocycles. The van der Waals surface area contributed by atoms with Crippen molar-refractivity contribution in [2.45, 2.75) is 12.6 Å². The zero-order valence-corrected chi connectivity index (χ0v) is 14.8. The molecule has 0 atom stereocenters. The number of hydrogen-bond acceptors (Lipinski definition) is 5. The van der Waals surface area contributed by atoms with Gasteiger partial charge in [0.05, 0.1) is 11.5 Å². The van der Waals surface area contributed by atoms with Gasteiger partial charge in [0.25, 0.3) is 0 Å². The fourth-order valence-corrected chi connectivity index (χ4v) is 3.50. The Bertz CT molecular complexity index is 988. The van der Waals surface area contributed by atoms with Gasteiger partial charge in [-0.1, -0.05) is 29.8 Å². The number of aromatic nitrogens is 3. The summed E-state index contributed by atoms with van der Waals surface area (Å²) in [7, 11) is 1.69. The molecule has 1 fully saturated rings. The Hall–Kier alpha value is -2.04. The van der Waals surface area contributed by atoms with Crippen molar-refractivity contribution in [2.75, 3.05) is 25.1 Å². The van der Waals surface area contributed by atoms with Gasteiger partial charge in [-0.25, -0.2) is 9.97 Å². The van der Waals surface area contributed by atoms with Gasteiger partial charge in [-0.05, 0) is 6.07 Å². The molecule has 27 heavy (non-hydrogen) atoms. The molecular weight excluding hydrogens is 363 g/mol. The van der Waals surface area contributed by atoms with Gasteiger partial charge in [0.1, 0.15) is 24.3 Å². The Morgan fingerprint density at radius 3 is 2.70 bits per heavy atom. The van der Waals surface area contributed by atoms with Crippen LogP contribution in [0.25, 0.3) is 22.2 Å². The summed E-state index contributed by atoms with van der Waals surface area (Å²) in [5, 5.41) is 10.6. The molecule has 7 nitrogen and oxygen atoms in total. The van der Waals surface area contributed by atoms with E-state index < -0.39 is 5.97 Å². The average Bonchev–Trinajstić information content (AvgIpc) is 2.93. The van der Waals surface area contributed by atoms with Crippen LogP contribution < -0.4 is 4.90 Å². The molecule has 0 saturated carbocycles. The summed E-state index contributed by atoms with van der Waals surface area (Å²) < 4.78 is 6.97. The van der Waals surface area contributed by atoms with Crippen LogP contribution in [0, 0.1) is 0 Å². The Kier molecular flexibility index (Phi) is 5.77. The van der Waals surface area contributed by atoms with Crippen LogP contribution in [0.2, 0.25) is 5.02 Å². The standard InChI is InChI=1S/C18H17ClN4O3.Li.H/c1-26-11-6-22(7-11)17-16-13(12-4-2-3-5-14(12)19)8-23(9-15(24)25)18(16)21-10-20-17;;/h2-5,8,10-11H,6-7,9H2,1H3,(H,24,25);;. The second-order valence-electron chi connectivity index (χ2n) is 6.20. The molecule has 0 spiro atoms. The molecule has 3 heterocycles. The molecule has 0 bridgehead atoms. The van der Waals surface area contributed by atoms with E-state index >= 15 is 0 Å². The molecular formula is C18H18ClLiN4O3. The number of aliphatic carboxylic acids is 1. The van der Waals surface area contributed by atoms with E-state index in [1.807, 2.05) is 24.3 Å². The minimum atomic E-state index is -0.934. The molecule has 136 valence electrons. The summed E-state index contributed by atoms with van der Waals surface area (Å²) in [6, 6.07) is 7.48. The fraction of sp³-hybridized carbons (Fsp3) is 0.278. The summed E-state index contributed by atoms with van der Waals surface area (Å²) in [4.78, 5) is 22.2. The van der Waals surface area contributed by atoms with Crippen molar-refractivity contribution < 1.29 is 14.6 Å². The molecule has 1 aliphatic heterocycles. The maximum atomic E-state index is 11.3. The Balaban J connectivity index is 0.00000210. The molecule has 0 amide bonds. The van der Waals surface area contributed by atoms with Crippen LogP contribution in [0.15, 0.2) is 36.8 Å². The van der Waals surface area contributed by atoms with Crippen LogP contribution >= 0.6 is 11.6 Å². The first-order valence-corrected chi connectivity index (χ1v) is 8.54. The number of hydrogen-bond donors (Lipinski definition) is 1. The van der Waals surface area contributed by atoms with Crippen molar-refractivity contribution in [1.29, 1.82) is 0 Å². The van der Waals surface area contributed by atoms with Crippen LogP contribution in [-0.4, -0.2) is 70.8 Å². The number of methoxy groups -OCH3 is 1. The number of rotatable bonds is 5. The quantitative estimate of drug-likeness (QED) is 0.682. The predicted octanol–water partition coefficient (Wildman–Crippen LogP) is 2.02. The van der Waals surface area contributed by atoms with Gasteiger partial charge >= 0.3 is 24.8 Å². The second kappa shape index (κ2) is 7.91. The van der Waals surface area contributed by atoms with Crippen LogP contribution in [0.4, 0.5) is 5.82 Å². The molecule has 3 aromatic rings. The number of ether oxygens (including phenoxy) is 1. The van der Waals surface area contributed by atoms with E-state index in [-0.39, 0.29) is 31.5 Å². The molecule has 4 rings (SSSR count). The predicted molar refractivity (Wildman–Crippen MR) is 106 cm³/mol. The van der Waals surface area contributed by atoms with Gasteiger partial charge in [0.15, 0.2) is 0 Å². The first-order chi connectivity index (χ1) is 12.6. The first-order valence-electron chi connectivity index (χ1n) is 8.16.